The number of carbonyl (C=O) groups excluding carboxylic acids is 2. The quantitative estimate of drug-likeness (QED) is 0.827. The first kappa shape index (κ1) is 14.8. The number of carboxylic acid groups (broad SMARTS) is 1. The van der Waals surface area contributed by atoms with Crippen LogP contribution in [0.3, 0.4) is 0 Å². The van der Waals surface area contributed by atoms with Crippen LogP contribution in [0.15, 0.2) is 0 Å². The maximum Gasteiger partial charge on any atom is 0.303 e. The van der Waals surface area contributed by atoms with Crippen molar-refractivity contribution in [2.45, 2.75) is 45.1 Å². The number of aliphatic carboxylic acids is 1. The van der Waals surface area contributed by atoms with Crippen LogP contribution >= 0.6 is 0 Å². The molecule has 6 nitrogen and oxygen atoms in total. The lowest BCUT2D eigenvalue weighted by molar-refractivity contribution is -0.144. The van der Waals surface area contributed by atoms with E-state index in [0.717, 1.165) is 25.7 Å². The average Bonchev–Trinajstić information content (AvgIpc) is 2.87. The van der Waals surface area contributed by atoms with Gasteiger partial charge in [0.25, 0.3) is 0 Å². The largest absolute Gasteiger partial charge is 0.481 e. The molecular formula is C14H22N2O4. The van der Waals surface area contributed by atoms with E-state index in [-0.39, 0.29) is 30.2 Å². The van der Waals surface area contributed by atoms with Crippen molar-refractivity contribution in [2.75, 3.05) is 19.6 Å². The molecule has 0 aromatic heterocycles. The fourth-order valence-corrected chi connectivity index (χ4v) is 3.22. The van der Waals surface area contributed by atoms with Gasteiger partial charge in [-0.25, -0.2) is 0 Å². The Bertz CT molecular complexity index is 402. The van der Waals surface area contributed by atoms with E-state index in [9.17, 15) is 14.4 Å². The molecule has 2 aliphatic heterocycles. The molecule has 0 radical (unpaired) electrons. The Morgan fingerprint density at radius 2 is 1.75 bits per heavy atom. The minimum Gasteiger partial charge on any atom is -0.481 e. The highest BCUT2D eigenvalue weighted by Crippen LogP contribution is 2.24. The number of nitrogens with zero attached hydrogens (tertiary/aromatic N) is 2. The van der Waals surface area contributed by atoms with E-state index in [1.54, 1.807) is 9.80 Å². The van der Waals surface area contributed by atoms with Gasteiger partial charge in [-0.05, 0) is 31.6 Å². The second kappa shape index (κ2) is 6.24. The second-order valence-electron chi connectivity index (χ2n) is 5.74. The fraction of sp³-hybridized carbons (Fsp3) is 0.786. The maximum atomic E-state index is 12.5. The van der Waals surface area contributed by atoms with E-state index < -0.39 is 5.97 Å². The summed E-state index contributed by atoms with van der Waals surface area (Å²) < 4.78 is 0. The minimum absolute atomic E-state index is 0.0338. The lowest BCUT2D eigenvalue weighted by atomic mass is 9.93. The molecule has 1 atom stereocenters. The summed E-state index contributed by atoms with van der Waals surface area (Å²) in [4.78, 5) is 38.1. The lowest BCUT2D eigenvalue weighted by Crippen LogP contribution is -2.49. The molecule has 0 aromatic rings. The van der Waals surface area contributed by atoms with Gasteiger partial charge in [-0.3, -0.25) is 14.4 Å². The van der Waals surface area contributed by atoms with Gasteiger partial charge in [0.1, 0.15) is 6.04 Å². The number of carboxylic acids is 1. The summed E-state index contributed by atoms with van der Waals surface area (Å²) in [6.45, 7) is 3.39. The Morgan fingerprint density at radius 3 is 2.30 bits per heavy atom. The van der Waals surface area contributed by atoms with Crippen molar-refractivity contribution >= 4 is 17.8 Å². The summed E-state index contributed by atoms with van der Waals surface area (Å²) in [5, 5.41) is 8.78. The summed E-state index contributed by atoms with van der Waals surface area (Å²) in [5.74, 6) is -0.606. The number of rotatable bonds is 3. The van der Waals surface area contributed by atoms with Gasteiger partial charge in [0.2, 0.25) is 11.8 Å². The molecule has 6 heteroatoms. The van der Waals surface area contributed by atoms with E-state index in [1.807, 2.05) is 0 Å². The molecule has 0 aromatic carbocycles. The van der Waals surface area contributed by atoms with Crippen LogP contribution in [0.2, 0.25) is 0 Å². The number of hydrogen-bond donors (Lipinski definition) is 1. The summed E-state index contributed by atoms with van der Waals surface area (Å²) in [6, 6.07) is -0.302. The zero-order valence-corrected chi connectivity index (χ0v) is 11.9. The van der Waals surface area contributed by atoms with Crippen LogP contribution in [0.1, 0.15) is 39.0 Å². The van der Waals surface area contributed by atoms with Gasteiger partial charge < -0.3 is 14.9 Å². The van der Waals surface area contributed by atoms with Crippen molar-refractivity contribution in [2.24, 2.45) is 5.92 Å². The molecule has 112 valence electrons. The first-order valence-corrected chi connectivity index (χ1v) is 7.27. The molecule has 2 heterocycles. The molecular weight excluding hydrogens is 260 g/mol. The van der Waals surface area contributed by atoms with Crippen molar-refractivity contribution in [3.8, 4) is 0 Å². The van der Waals surface area contributed by atoms with E-state index in [1.165, 1.54) is 6.92 Å². The van der Waals surface area contributed by atoms with Gasteiger partial charge in [-0.15, -0.1) is 0 Å². The van der Waals surface area contributed by atoms with Gasteiger partial charge in [0.15, 0.2) is 0 Å². The normalized spacial score (nSPS) is 23.9. The maximum absolute atomic E-state index is 12.5. The molecule has 2 aliphatic rings. The van der Waals surface area contributed by atoms with Crippen LogP contribution in [0, 0.1) is 5.92 Å². The van der Waals surface area contributed by atoms with Crippen LogP contribution in [-0.4, -0.2) is 58.4 Å². The number of carbonyl (C=O) groups is 3. The SMILES string of the molecule is CC(=O)N1CCCC1C(=O)N1CCC(CC(=O)O)CC1. The van der Waals surface area contributed by atoms with Gasteiger partial charge in [-0.1, -0.05) is 0 Å². The summed E-state index contributed by atoms with van der Waals surface area (Å²) >= 11 is 0. The molecule has 2 amide bonds. The lowest BCUT2D eigenvalue weighted by Gasteiger charge is -2.35. The van der Waals surface area contributed by atoms with Crippen LogP contribution < -0.4 is 0 Å². The Labute approximate surface area is 118 Å². The van der Waals surface area contributed by atoms with Crippen LogP contribution in [0.5, 0.6) is 0 Å². The predicted molar refractivity (Wildman–Crippen MR) is 72.0 cm³/mol. The van der Waals surface area contributed by atoms with E-state index in [2.05, 4.69) is 0 Å². The highest BCUT2D eigenvalue weighted by atomic mass is 16.4. The second-order valence-corrected chi connectivity index (χ2v) is 5.74. The number of hydrogen-bond acceptors (Lipinski definition) is 3. The summed E-state index contributed by atoms with van der Waals surface area (Å²) in [7, 11) is 0. The third-order valence-electron chi connectivity index (χ3n) is 4.33. The molecule has 1 N–H and O–H groups in total. The first-order chi connectivity index (χ1) is 9.49. The molecule has 1 unspecified atom stereocenters. The number of piperidine rings is 1. The predicted octanol–water partition coefficient (Wildman–Crippen LogP) is 0.711. The number of amides is 2. The molecule has 0 saturated carbocycles. The minimum atomic E-state index is -0.770. The topological polar surface area (TPSA) is 77.9 Å². The third-order valence-corrected chi connectivity index (χ3v) is 4.33. The van der Waals surface area contributed by atoms with Gasteiger partial charge in [-0.2, -0.15) is 0 Å². The zero-order valence-electron chi connectivity index (χ0n) is 11.9. The highest BCUT2D eigenvalue weighted by Gasteiger charge is 2.36. The molecule has 2 fully saturated rings. The molecule has 2 saturated heterocycles. The summed E-state index contributed by atoms with van der Waals surface area (Å²) in [6.07, 6.45) is 3.29. The van der Waals surface area contributed by atoms with Crippen LogP contribution in [0.4, 0.5) is 0 Å². The third kappa shape index (κ3) is 3.29. The smallest absolute Gasteiger partial charge is 0.303 e. The van der Waals surface area contributed by atoms with Gasteiger partial charge in [0.05, 0.1) is 0 Å². The van der Waals surface area contributed by atoms with Gasteiger partial charge >= 0.3 is 5.97 Å². The summed E-state index contributed by atoms with van der Waals surface area (Å²) in [5.41, 5.74) is 0. The average molecular weight is 282 g/mol. The van der Waals surface area contributed by atoms with Gasteiger partial charge in [0, 0.05) is 33.0 Å². The first-order valence-electron chi connectivity index (χ1n) is 7.27. The van der Waals surface area contributed by atoms with Crippen LogP contribution in [0.25, 0.3) is 0 Å². The van der Waals surface area contributed by atoms with E-state index in [0.29, 0.717) is 19.6 Å². The van der Waals surface area contributed by atoms with Crippen LogP contribution in [-0.2, 0) is 14.4 Å². The Kier molecular flexibility index (Phi) is 4.62. The van der Waals surface area contributed by atoms with Crippen molar-refractivity contribution in [3.05, 3.63) is 0 Å². The molecule has 0 bridgehead atoms. The Balaban J connectivity index is 1.88. The monoisotopic (exact) mass is 282 g/mol. The molecule has 0 aliphatic carbocycles. The van der Waals surface area contributed by atoms with Crippen molar-refractivity contribution in [1.29, 1.82) is 0 Å². The molecule has 2 rings (SSSR count). The van der Waals surface area contributed by atoms with Crippen molar-refractivity contribution < 1.29 is 19.5 Å². The molecule has 0 spiro atoms. The Morgan fingerprint density at radius 1 is 1.10 bits per heavy atom. The fourth-order valence-electron chi connectivity index (χ4n) is 3.22. The standard InChI is InChI=1S/C14H22N2O4/c1-10(17)16-6-2-3-12(16)14(20)15-7-4-11(5-8-15)9-13(18)19/h11-12H,2-9H2,1H3,(H,18,19). The van der Waals surface area contributed by atoms with Crippen molar-refractivity contribution in [3.63, 3.8) is 0 Å². The highest BCUT2D eigenvalue weighted by molar-refractivity contribution is 5.87. The number of likely N-dealkylation sites (tertiary alicyclic amines) is 2. The Hall–Kier alpha value is -1.59. The van der Waals surface area contributed by atoms with Crippen molar-refractivity contribution in [1.82, 2.24) is 9.80 Å². The van der Waals surface area contributed by atoms with E-state index in [4.69, 9.17) is 5.11 Å². The van der Waals surface area contributed by atoms with E-state index >= 15 is 0 Å². The zero-order chi connectivity index (χ0) is 14.7. The molecule has 20 heavy (non-hydrogen) atoms.